The second-order valence-electron chi connectivity index (χ2n) is 4.46. The number of likely N-dealkylation sites (N-methyl/N-ethyl adjacent to an activating group) is 1. The van der Waals surface area contributed by atoms with Crippen LogP contribution in [0.5, 0.6) is 11.5 Å². The van der Waals surface area contributed by atoms with Crippen molar-refractivity contribution >= 4 is 39.9 Å². The molecule has 1 heterocycles. The Morgan fingerprint density at radius 2 is 2.05 bits per heavy atom. The van der Waals surface area contributed by atoms with E-state index < -0.39 is 17.8 Å². The SMILES string of the molecule is CCOc1cc(C=C2C(=O)NC(=O)N(C)C2=O)cc(Br)c1O. The Bertz CT molecular complexity index is 699. The van der Waals surface area contributed by atoms with Crippen LogP contribution in [0.2, 0.25) is 0 Å². The van der Waals surface area contributed by atoms with Gasteiger partial charge in [-0.05, 0) is 46.6 Å². The lowest BCUT2D eigenvalue weighted by molar-refractivity contribution is -0.129. The highest BCUT2D eigenvalue weighted by molar-refractivity contribution is 9.10. The van der Waals surface area contributed by atoms with Gasteiger partial charge in [0.25, 0.3) is 11.8 Å². The first-order valence-corrected chi connectivity index (χ1v) is 7.14. The molecule has 4 amide bonds. The molecule has 1 saturated heterocycles. The van der Waals surface area contributed by atoms with Gasteiger partial charge in [0.05, 0.1) is 11.1 Å². The molecule has 1 fully saturated rings. The molecule has 22 heavy (non-hydrogen) atoms. The molecule has 1 aliphatic heterocycles. The Morgan fingerprint density at radius 1 is 1.36 bits per heavy atom. The summed E-state index contributed by atoms with van der Waals surface area (Å²) in [4.78, 5) is 35.9. The minimum Gasteiger partial charge on any atom is -0.503 e. The first-order chi connectivity index (χ1) is 10.3. The summed E-state index contributed by atoms with van der Waals surface area (Å²) in [7, 11) is 1.27. The number of amides is 4. The molecule has 0 aliphatic carbocycles. The third-order valence-corrected chi connectivity index (χ3v) is 3.57. The van der Waals surface area contributed by atoms with Crippen LogP contribution in [-0.4, -0.2) is 41.5 Å². The standard InChI is InChI=1S/C14H13BrN2O5/c1-3-22-10-6-7(5-9(15)11(10)18)4-8-12(19)16-14(21)17(2)13(8)20/h4-6,18H,3H2,1-2H3,(H,16,19,21). The van der Waals surface area contributed by atoms with Crippen molar-refractivity contribution in [1.82, 2.24) is 10.2 Å². The van der Waals surface area contributed by atoms with Crippen LogP contribution in [0.25, 0.3) is 6.08 Å². The lowest BCUT2D eigenvalue weighted by Crippen LogP contribution is -2.52. The van der Waals surface area contributed by atoms with E-state index in [1.54, 1.807) is 6.92 Å². The Hall–Kier alpha value is -2.35. The van der Waals surface area contributed by atoms with Gasteiger partial charge < -0.3 is 9.84 Å². The van der Waals surface area contributed by atoms with Gasteiger partial charge >= 0.3 is 6.03 Å². The molecule has 0 spiro atoms. The van der Waals surface area contributed by atoms with E-state index in [9.17, 15) is 19.5 Å². The van der Waals surface area contributed by atoms with Crippen molar-refractivity contribution in [2.75, 3.05) is 13.7 Å². The van der Waals surface area contributed by atoms with Gasteiger partial charge in [-0.25, -0.2) is 4.79 Å². The van der Waals surface area contributed by atoms with Crippen LogP contribution in [-0.2, 0) is 9.59 Å². The summed E-state index contributed by atoms with van der Waals surface area (Å²) in [5, 5.41) is 11.9. The van der Waals surface area contributed by atoms with Crippen LogP contribution in [0.15, 0.2) is 22.2 Å². The van der Waals surface area contributed by atoms with Gasteiger partial charge in [-0.15, -0.1) is 0 Å². The lowest BCUT2D eigenvalue weighted by Gasteiger charge is -2.22. The summed E-state index contributed by atoms with van der Waals surface area (Å²) in [6.07, 6.45) is 1.33. The topological polar surface area (TPSA) is 95.9 Å². The van der Waals surface area contributed by atoms with Crippen molar-refractivity contribution in [3.05, 3.63) is 27.7 Å². The number of nitrogens with one attached hydrogen (secondary N) is 1. The molecule has 1 aromatic carbocycles. The van der Waals surface area contributed by atoms with Gasteiger partial charge in [0.1, 0.15) is 5.57 Å². The first kappa shape index (κ1) is 16.0. The second kappa shape index (κ2) is 6.18. The number of halogens is 1. The average Bonchev–Trinajstić information content (AvgIpc) is 2.46. The van der Waals surface area contributed by atoms with E-state index in [1.807, 2.05) is 0 Å². The summed E-state index contributed by atoms with van der Waals surface area (Å²) >= 11 is 3.17. The Labute approximate surface area is 134 Å². The van der Waals surface area contributed by atoms with E-state index in [4.69, 9.17) is 4.74 Å². The molecular weight excluding hydrogens is 356 g/mol. The predicted molar refractivity (Wildman–Crippen MR) is 81.3 cm³/mol. The van der Waals surface area contributed by atoms with Crippen molar-refractivity contribution in [3.8, 4) is 11.5 Å². The molecule has 8 heteroatoms. The highest BCUT2D eigenvalue weighted by Crippen LogP contribution is 2.36. The number of ether oxygens (including phenoxy) is 1. The molecule has 2 N–H and O–H groups in total. The molecule has 1 aromatic rings. The quantitative estimate of drug-likeness (QED) is 0.624. The van der Waals surface area contributed by atoms with Crippen molar-refractivity contribution in [2.45, 2.75) is 6.92 Å². The van der Waals surface area contributed by atoms with Crippen LogP contribution in [0, 0.1) is 0 Å². The summed E-state index contributed by atoms with van der Waals surface area (Å²) in [6.45, 7) is 2.11. The Kier molecular flexibility index (Phi) is 4.51. The third kappa shape index (κ3) is 2.96. The van der Waals surface area contributed by atoms with Crippen molar-refractivity contribution in [1.29, 1.82) is 0 Å². The van der Waals surface area contributed by atoms with Gasteiger partial charge in [0.2, 0.25) is 0 Å². The molecule has 7 nitrogen and oxygen atoms in total. The van der Waals surface area contributed by atoms with Gasteiger partial charge in [0, 0.05) is 7.05 Å². The number of benzene rings is 1. The van der Waals surface area contributed by atoms with E-state index >= 15 is 0 Å². The fourth-order valence-corrected chi connectivity index (χ4v) is 2.31. The minimum absolute atomic E-state index is 0.0734. The summed E-state index contributed by atoms with van der Waals surface area (Å²) in [6, 6.07) is 2.25. The van der Waals surface area contributed by atoms with Crippen LogP contribution >= 0.6 is 15.9 Å². The molecule has 0 unspecified atom stereocenters. The molecule has 0 aromatic heterocycles. The molecular formula is C14H13BrN2O5. The number of hydrogen-bond donors (Lipinski definition) is 2. The van der Waals surface area contributed by atoms with Crippen LogP contribution < -0.4 is 10.1 Å². The number of nitrogens with zero attached hydrogens (tertiary/aromatic N) is 1. The number of phenols is 1. The van der Waals surface area contributed by atoms with Gasteiger partial charge in [-0.2, -0.15) is 0 Å². The highest BCUT2D eigenvalue weighted by Gasteiger charge is 2.33. The fourth-order valence-electron chi connectivity index (χ4n) is 1.85. The Balaban J connectivity index is 2.46. The van der Waals surface area contributed by atoms with Crippen LogP contribution in [0.3, 0.4) is 0 Å². The van der Waals surface area contributed by atoms with E-state index in [0.29, 0.717) is 16.6 Å². The molecule has 0 bridgehead atoms. The van der Waals surface area contributed by atoms with Crippen molar-refractivity contribution in [2.24, 2.45) is 0 Å². The maximum atomic E-state index is 12.0. The van der Waals surface area contributed by atoms with E-state index in [2.05, 4.69) is 21.2 Å². The number of phenolic OH excluding ortho intramolecular Hbond substituents is 1. The number of rotatable bonds is 3. The molecule has 116 valence electrons. The number of hydrogen-bond acceptors (Lipinski definition) is 5. The average molecular weight is 369 g/mol. The zero-order valence-electron chi connectivity index (χ0n) is 11.8. The number of aromatic hydroxyl groups is 1. The van der Waals surface area contributed by atoms with E-state index in [0.717, 1.165) is 4.90 Å². The summed E-state index contributed by atoms with van der Waals surface area (Å²) in [5.74, 6) is -1.32. The van der Waals surface area contributed by atoms with Crippen LogP contribution in [0.1, 0.15) is 12.5 Å². The van der Waals surface area contributed by atoms with Gasteiger partial charge in [-0.3, -0.25) is 19.8 Å². The fraction of sp³-hybridized carbons (Fsp3) is 0.214. The third-order valence-electron chi connectivity index (χ3n) is 2.97. The molecule has 0 atom stereocenters. The summed E-state index contributed by atoms with van der Waals surface area (Å²) in [5.41, 5.74) is 0.288. The molecule has 1 aliphatic rings. The number of urea groups is 1. The predicted octanol–water partition coefficient (Wildman–Crippen LogP) is 1.64. The Morgan fingerprint density at radius 3 is 2.68 bits per heavy atom. The van der Waals surface area contributed by atoms with Gasteiger partial charge in [0.15, 0.2) is 11.5 Å². The number of imide groups is 2. The summed E-state index contributed by atoms with van der Waals surface area (Å²) < 4.78 is 5.64. The second-order valence-corrected chi connectivity index (χ2v) is 5.32. The van der Waals surface area contributed by atoms with E-state index in [-0.39, 0.29) is 17.1 Å². The number of carbonyl (C=O) groups is 3. The zero-order chi connectivity index (χ0) is 16.4. The van der Waals surface area contributed by atoms with Gasteiger partial charge in [-0.1, -0.05) is 0 Å². The zero-order valence-corrected chi connectivity index (χ0v) is 13.4. The number of carbonyl (C=O) groups excluding carboxylic acids is 3. The lowest BCUT2D eigenvalue weighted by atomic mass is 10.1. The van der Waals surface area contributed by atoms with Crippen molar-refractivity contribution in [3.63, 3.8) is 0 Å². The molecule has 0 saturated carbocycles. The number of barbiturate groups is 1. The monoisotopic (exact) mass is 368 g/mol. The van der Waals surface area contributed by atoms with Crippen LogP contribution in [0.4, 0.5) is 4.79 Å². The van der Waals surface area contributed by atoms with E-state index in [1.165, 1.54) is 25.3 Å². The minimum atomic E-state index is -0.769. The molecule has 2 rings (SSSR count). The smallest absolute Gasteiger partial charge is 0.331 e. The molecule has 0 radical (unpaired) electrons. The van der Waals surface area contributed by atoms with Crippen molar-refractivity contribution < 1.29 is 24.2 Å². The maximum Gasteiger partial charge on any atom is 0.331 e. The normalized spacial score (nSPS) is 17.0. The first-order valence-electron chi connectivity index (χ1n) is 6.35. The highest BCUT2D eigenvalue weighted by atomic mass is 79.9. The largest absolute Gasteiger partial charge is 0.503 e. The maximum absolute atomic E-state index is 12.0.